The number of carbonyl (C=O) groups is 1. The molecular formula is C18H19NO4. The summed E-state index contributed by atoms with van der Waals surface area (Å²) in [4.78, 5) is 11.8. The number of benzene rings is 2. The predicted molar refractivity (Wildman–Crippen MR) is 88.5 cm³/mol. The molecule has 1 amide bonds. The van der Waals surface area contributed by atoms with Gasteiger partial charge in [-0.05, 0) is 41.8 Å². The van der Waals surface area contributed by atoms with Crippen LogP contribution < -0.4 is 10.1 Å². The summed E-state index contributed by atoms with van der Waals surface area (Å²) in [5.74, 6) is 0.732. The largest absolute Gasteiger partial charge is 0.508 e. The molecule has 23 heavy (non-hydrogen) atoms. The summed E-state index contributed by atoms with van der Waals surface area (Å²) in [6.45, 7) is 0.458. The normalized spacial score (nSPS) is 10.7. The third-order valence-corrected chi connectivity index (χ3v) is 3.28. The highest BCUT2D eigenvalue weighted by Crippen LogP contribution is 2.23. The first-order valence-electron chi connectivity index (χ1n) is 7.19. The molecule has 5 heteroatoms. The van der Waals surface area contributed by atoms with Crippen LogP contribution in [0.2, 0.25) is 0 Å². The second-order valence-corrected chi connectivity index (χ2v) is 4.96. The quantitative estimate of drug-likeness (QED) is 0.716. The highest BCUT2D eigenvalue weighted by Gasteiger charge is 2.04. The van der Waals surface area contributed by atoms with Crippen molar-refractivity contribution < 1.29 is 19.7 Å². The molecule has 0 unspecified atom stereocenters. The molecule has 0 spiro atoms. The van der Waals surface area contributed by atoms with E-state index in [2.05, 4.69) is 5.32 Å². The van der Waals surface area contributed by atoms with Crippen molar-refractivity contribution in [3.63, 3.8) is 0 Å². The van der Waals surface area contributed by atoms with Crippen molar-refractivity contribution in [1.29, 1.82) is 0 Å². The first kappa shape index (κ1) is 16.4. The van der Waals surface area contributed by atoms with Gasteiger partial charge in [-0.25, -0.2) is 0 Å². The standard InChI is InChI=1S/C18H19NO4/c1-23-17-12-16(21)8-5-14(17)10-11-19-18(22)9-4-13-2-6-15(20)7-3-13/h2-9,12,20-21H,10-11H2,1H3,(H,19,22)/b9-4+. The highest BCUT2D eigenvalue weighted by molar-refractivity contribution is 5.91. The lowest BCUT2D eigenvalue weighted by atomic mass is 10.1. The van der Waals surface area contributed by atoms with Crippen LogP contribution in [0, 0.1) is 0 Å². The molecule has 0 aromatic heterocycles. The highest BCUT2D eigenvalue weighted by atomic mass is 16.5. The van der Waals surface area contributed by atoms with Crippen LogP contribution in [-0.2, 0) is 11.2 Å². The van der Waals surface area contributed by atoms with Gasteiger partial charge in [-0.2, -0.15) is 0 Å². The fourth-order valence-corrected chi connectivity index (χ4v) is 2.08. The fraction of sp³-hybridized carbons (Fsp3) is 0.167. The Morgan fingerprint density at radius 3 is 2.52 bits per heavy atom. The van der Waals surface area contributed by atoms with E-state index >= 15 is 0 Å². The van der Waals surface area contributed by atoms with Crippen LogP contribution >= 0.6 is 0 Å². The maximum Gasteiger partial charge on any atom is 0.244 e. The molecule has 2 rings (SSSR count). The average Bonchev–Trinajstić information content (AvgIpc) is 2.55. The Hall–Kier alpha value is -2.95. The van der Waals surface area contributed by atoms with Crippen LogP contribution in [-0.4, -0.2) is 29.8 Å². The van der Waals surface area contributed by atoms with Gasteiger partial charge in [0.1, 0.15) is 17.2 Å². The Kier molecular flexibility index (Phi) is 5.63. The Balaban J connectivity index is 1.84. The molecule has 0 radical (unpaired) electrons. The van der Waals surface area contributed by atoms with E-state index in [0.29, 0.717) is 18.7 Å². The van der Waals surface area contributed by atoms with Gasteiger partial charge in [-0.15, -0.1) is 0 Å². The Bertz CT molecular complexity index is 693. The number of methoxy groups -OCH3 is 1. The summed E-state index contributed by atoms with van der Waals surface area (Å²) in [5, 5.41) is 21.4. The van der Waals surface area contributed by atoms with Gasteiger partial charge >= 0.3 is 0 Å². The van der Waals surface area contributed by atoms with Crippen molar-refractivity contribution in [2.75, 3.05) is 13.7 Å². The van der Waals surface area contributed by atoms with E-state index in [1.165, 1.54) is 13.2 Å². The van der Waals surface area contributed by atoms with Gasteiger partial charge in [0.2, 0.25) is 5.91 Å². The SMILES string of the molecule is COc1cc(O)ccc1CCNC(=O)/C=C/c1ccc(O)cc1. The van der Waals surface area contributed by atoms with Crippen LogP contribution in [0.3, 0.4) is 0 Å². The van der Waals surface area contributed by atoms with E-state index in [-0.39, 0.29) is 17.4 Å². The van der Waals surface area contributed by atoms with Crippen LogP contribution in [0.4, 0.5) is 0 Å². The molecule has 5 nitrogen and oxygen atoms in total. The van der Waals surface area contributed by atoms with Gasteiger partial charge in [-0.3, -0.25) is 4.79 Å². The topological polar surface area (TPSA) is 78.8 Å². The minimum absolute atomic E-state index is 0.145. The summed E-state index contributed by atoms with van der Waals surface area (Å²) in [7, 11) is 1.54. The second kappa shape index (κ2) is 7.89. The molecule has 0 saturated carbocycles. The van der Waals surface area contributed by atoms with E-state index < -0.39 is 0 Å². The molecule has 120 valence electrons. The smallest absolute Gasteiger partial charge is 0.244 e. The van der Waals surface area contributed by atoms with Crippen molar-refractivity contribution in [1.82, 2.24) is 5.32 Å². The number of carbonyl (C=O) groups excluding carboxylic acids is 1. The van der Waals surface area contributed by atoms with Gasteiger partial charge in [0, 0.05) is 18.7 Å². The molecule has 0 bridgehead atoms. The molecule has 0 aliphatic carbocycles. The molecule has 2 aromatic carbocycles. The molecule has 0 aliphatic rings. The molecule has 2 aromatic rings. The first-order valence-corrected chi connectivity index (χ1v) is 7.19. The summed E-state index contributed by atoms with van der Waals surface area (Å²) in [5.41, 5.74) is 1.74. The van der Waals surface area contributed by atoms with Gasteiger partial charge in [0.05, 0.1) is 7.11 Å². The number of nitrogens with one attached hydrogen (secondary N) is 1. The fourth-order valence-electron chi connectivity index (χ4n) is 2.08. The molecule has 0 saturated heterocycles. The zero-order chi connectivity index (χ0) is 16.7. The number of aromatic hydroxyl groups is 2. The van der Waals surface area contributed by atoms with Crippen molar-refractivity contribution >= 4 is 12.0 Å². The van der Waals surface area contributed by atoms with E-state index in [9.17, 15) is 15.0 Å². The van der Waals surface area contributed by atoms with Gasteiger partial charge in [-0.1, -0.05) is 18.2 Å². The summed E-state index contributed by atoms with van der Waals surface area (Å²) in [6, 6.07) is 11.5. The minimum Gasteiger partial charge on any atom is -0.508 e. The zero-order valence-corrected chi connectivity index (χ0v) is 12.8. The summed E-state index contributed by atoms with van der Waals surface area (Å²) < 4.78 is 5.19. The Morgan fingerprint density at radius 1 is 1.13 bits per heavy atom. The van der Waals surface area contributed by atoms with Crippen molar-refractivity contribution in [3.05, 3.63) is 59.7 Å². The molecule has 0 atom stereocenters. The Labute approximate surface area is 134 Å². The number of phenolic OH excluding ortho intramolecular Hbond substituents is 2. The molecule has 3 N–H and O–H groups in total. The lowest BCUT2D eigenvalue weighted by Crippen LogP contribution is -2.23. The van der Waals surface area contributed by atoms with E-state index in [0.717, 1.165) is 11.1 Å². The van der Waals surface area contributed by atoms with Crippen LogP contribution in [0.15, 0.2) is 48.5 Å². The number of phenols is 2. The number of hydrogen-bond acceptors (Lipinski definition) is 4. The van der Waals surface area contributed by atoms with Crippen LogP contribution in [0.1, 0.15) is 11.1 Å². The lowest BCUT2D eigenvalue weighted by Gasteiger charge is -2.09. The third kappa shape index (κ3) is 5.07. The van der Waals surface area contributed by atoms with Crippen molar-refractivity contribution in [2.24, 2.45) is 0 Å². The van der Waals surface area contributed by atoms with Crippen molar-refractivity contribution in [3.8, 4) is 17.2 Å². The summed E-state index contributed by atoms with van der Waals surface area (Å²) in [6.07, 6.45) is 3.72. The number of hydrogen-bond donors (Lipinski definition) is 3. The number of amides is 1. The van der Waals surface area contributed by atoms with Gasteiger partial charge < -0.3 is 20.3 Å². The zero-order valence-electron chi connectivity index (χ0n) is 12.8. The van der Waals surface area contributed by atoms with E-state index in [1.807, 2.05) is 0 Å². The summed E-state index contributed by atoms with van der Waals surface area (Å²) >= 11 is 0. The van der Waals surface area contributed by atoms with Gasteiger partial charge in [0.15, 0.2) is 0 Å². The van der Waals surface area contributed by atoms with E-state index in [4.69, 9.17) is 4.74 Å². The third-order valence-electron chi connectivity index (χ3n) is 3.28. The van der Waals surface area contributed by atoms with Crippen molar-refractivity contribution in [2.45, 2.75) is 6.42 Å². The van der Waals surface area contributed by atoms with E-state index in [1.54, 1.807) is 48.5 Å². The second-order valence-electron chi connectivity index (χ2n) is 4.96. The lowest BCUT2D eigenvalue weighted by molar-refractivity contribution is -0.116. The number of ether oxygens (including phenoxy) is 1. The monoisotopic (exact) mass is 313 g/mol. The van der Waals surface area contributed by atoms with Crippen LogP contribution in [0.5, 0.6) is 17.2 Å². The molecular weight excluding hydrogens is 294 g/mol. The maximum absolute atomic E-state index is 11.8. The molecule has 0 aliphatic heterocycles. The minimum atomic E-state index is -0.198. The predicted octanol–water partition coefficient (Wildman–Crippen LogP) is 2.48. The van der Waals surface area contributed by atoms with Gasteiger partial charge in [0.25, 0.3) is 0 Å². The maximum atomic E-state index is 11.8. The molecule has 0 heterocycles. The Morgan fingerprint density at radius 2 is 1.83 bits per heavy atom. The molecule has 0 fully saturated rings. The number of rotatable bonds is 6. The average molecular weight is 313 g/mol. The first-order chi connectivity index (χ1) is 11.1. The van der Waals surface area contributed by atoms with Crippen LogP contribution in [0.25, 0.3) is 6.08 Å².